The third-order valence-electron chi connectivity index (χ3n) is 19.2. The van der Waals surface area contributed by atoms with Gasteiger partial charge in [0.05, 0.1) is 61.1 Å². The number of nitrogens with one attached hydrogen (secondary N) is 3. The third-order valence-corrected chi connectivity index (χ3v) is 21.2. The van der Waals surface area contributed by atoms with Crippen LogP contribution in [0.15, 0.2) is 103 Å². The lowest BCUT2D eigenvalue weighted by molar-refractivity contribution is -0.136. The molecule has 29 nitrogen and oxygen atoms in total. The number of aromatic nitrogens is 3. The largest absolute Gasteiger partial charge is 0.493 e. The van der Waals surface area contributed by atoms with Gasteiger partial charge in [-0.15, -0.1) is 0 Å². The van der Waals surface area contributed by atoms with Gasteiger partial charge in [-0.2, -0.15) is 22.1 Å². The number of rotatable bonds is 37. The molecule has 1 atom stereocenters. The number of fused-ring (bicyclic) bond motifs is 3. The number of carbonyl (C=O) groups excluding carboxylic acids is 7. The molecule has 2 aromatic heterocycles. The van der Waals surface area contributed by atoms with E-state index >= 15 is 0 Å². The van der Waals surface area contributed by atoms with Crippen molar-refractivity contribution in [1.29, 1.82) is 0 Å². The molecule has 30 heteroatoms. The minimum absolute atomic E-state index is 0.00829. The number of anilines is 1. The first-order chi connectivity index (χ1) is 50.8. The van der Waals surface area contributed by atoms with Crippen molar-refractivity contribution in [3.63, 3.8) is 0 Å². The Morgan fingerprint density at radius 1 is 0.657 bits per heavy atom. The molecule has 560 valence electrons. The summed E-state index contributed by atoms with van der Waals surface area (Å²) in [6.07, 6.45) is 2.18. The van der Waals surface area contributed by atoms with Crippen molar-refractivity contribution >= 4 is 84.9 Å². The highest BCUT2D eigenvalue weighted by Gasteiger charge is 2.46. The van der Waals surface area contributed by atoms with Gasteiger partial charge in [0.15, 0.2) is 6.61 Å². The molecule has 3 fully saturated rings. The van der Waals surface area contributed by atoms with Gasteiger partial charge in [0.1, 0.15) is 35.6 Å². The Morgan fingerprint density at radius 2 is 1.30 bits per heavy atom. The van der Waals surface area contributed by atoms with Gasteiger partial charge in [-0.3, -0.25) is 53.4 Å². The normalized spacial score (nSPS) is 16.0. The Kier molecular flexibility index (Phi) is 26.0. The highest BCUT2D eigenvalue weighted by molar-refractivity contribution is 7.86. The maximum atomic E-state index is 13.8. The molecule has 3 saturated heterocycles. The Bertz CT molecular complexity index is 4410. The molecular formula is C75H92N12O17S. The number of piperazine rings is 2. The summed E-state index contributed by atoms with van der Waals surface area (Å²) in [4.78, 5) is 110. The fourth-order valence-corrected chi connectivity index (χ4v) is 14.9. The molecule has 0 aliphatic carbocycles. The lowest BCUT2D eigenvalue weighted by Gasteiger charge is -2.36. The van der Waals surface area contributed by atoms with Gasteiger partial charge in [0.2, 0.25) is 23.6 Å². The maximum absolute atomic E-state index is 13.8. The molecule has 105 heavy (non-hydrogen) atoms. The first kappa shape index (κ1) is 76.3. The molecule has 0 saturated carbocycles. The lowest BCUT2D eigenvalue weighted by Crippen LogP contribution is -2.54. The van der Waals surface area contributed by atoms with Gasteiger partial charge < -0.3 is 58.5 Å². The number of carboxylic acids is 1. The number of ether oxygens (including phenoxy) is 6. The summed E-state index contributed by atoms with van der Waals surface area (Å²) in [5, 5.41) is 26.8. The van der Waals surface area contributed by atoms with E-state index in [4.69, 9.17) is 33.5 Å². The average molecular weight is 1470 g/mol. The van der Waals surface area contributed by atoms with Crippen molar-refractivity contribution in [3.05, 3.63) is 137 Å². The number of hydrogen-bond donors (Lipinski definition) is 4. The molecule has 7 amide bonds. The van der Waals surface area contributed by atoms with Crippen molar-refractivity contribution in [3.8, 4) is 28.4 Å². The van der Waals surface area contributed by atoms with E-state index in [1.165, 1.54) is 40.9 Å². The number of para-hydroxylation sites is 1. The summed E-state index contributed by atoms with van der Waals surface area (Å²) in [6.45, 7) is 9.56. The van der Waals surface area contributed by atoms with E-state index in [9.17, 15) is 51.9 Å². The maximum Gasteiger partial charge on any atom is 0.352 e. The molecule has 0 spiro atoms. The lowest BCUT2D eigenvalue weighted by atomic mass is 9.98. The summed E-state index contributed by atoms with van der Waals surface area (Å²) in [6, 6.07) is 31.0. The number of amides is 7. The molecule has 4 aliphatic rings. The number of nitrogens with zero attached hydrogens (tertiary/aromatic N) is 9. The predicted molar refractivity (Wildman–Crippen MR) is 389 cm³/mol. The minimum Gasteiger partial charge on any atom is -0.493 e. The SMILES string of the molecule is Cc1nn(C)c(COc2ccc(N3CCN(S(=O)(=O)N(C)C)CC3)cc2)c1-c1cccc2c(CCCOc3cccc4ccccc34)c(C(=O)O)n(CCN3CCN(C(=O)CCC(=O)NCCCOCCOCCOCCCNC(=O)COc4cccc5c4C(=O)N(C4CCC(=O)NC4=O)C5=O)CC3)c12. The van der Waals surface area contributed by atoms with Crippen molar-refractivity contribution in [1.82, 2.24) is 53.6 Å². The van der Waals surface area contributed by atoms with E-state index < -0.39 is 58.4 Å². The number of hydrogen-bond acceptors (Lipinski definition) is 19. The van der Waals surface area contributed by atoms with E-state index in [0.29, 0.717) is 162 Å². The van der Waals surface area contributed by atoms with Crippen LogP contribution in [0, 0.1) is 6.92 Å². The number of carbonyl (C=O) groups is 8. The number of piperidine rings is 1. The van der Waals surface area contributed by atoms with Crippen molar-refractivity contribution in [2.24, 2.45) is 7.05 Å². The van der Waals surface area contributed by atoms with Gasteiger partial charge in [-0.1, -0.05) is 60.7 Å². The average Bonchev–Trinajstić information content (AvgIpc) is 1.60. The molecule has 0 bridgehead atoms. The quantitative estimate of drug-likeness (QED) is 0.0288. The molecule has 11 rings (SSSR count). The molecule has 4 N–H and O–H groups in total. The Morgan fingerprint density at radius 3 is 2.01 bits per heavy atom. The van der Waals surface area contributed by atoms with Gasteiger partial charge in [0.25, 0.3) is 27.9 Å². The van der Waals surface area contributed by atoms with Crippen LogP contribution in [0.3, 0.4) is 0 Å². The zero-order valence-electron chi connectivity index (χ0n) is 59.8. The number of aromatic carboxylic acids is 1. The molecule has 5 aromatic carbocycles. The van der Waals surface area contributed by atoms with Gasteiger partial charge >= 0.3 is 5.97 Å². The zero-order valence-corrected chi connectivity index (χ0v) is 60.6. The topological polar surface area (TPSA) is 325 Å². The second-order valence-electron chi connectivity index (χ2n) is 26.3. The van der Waals surface area contributed by atoms with E-state index in [0.717, 1.165) is 60.5 Å². The van der Waals surface area contributed by atoms with Crippen LogP contribution < -0.4 is 35.1 Å². The molecule has 6 heterocycles. The summed E-state index contributed by atoms with van der Waals surface area (Å²) < 4.78 is 67.3. The standard InChI is InChI=1S/C75H92N12O17S/c1-51-68(61(81(4)79-51)49-103-54-24-22-53(23-25-54)83-37-39-85(40-38-83)105(97,98)80(2)3)58-17-8-16-56-57(19-10-44-102-62-20-7-14-52-13-5-6-15-55(52)62)71(75(95)96)86(70(56)58)41-34-82-32-35-84(36-33-82)67(91)29-28-64(88)76-30-11-42-99-45-47-101-48-46-100-43-12-31-77-66(90)50-104-63-21-9-18-59-69(63)74(94)87(73(59)93)60-26-27-65(89)78-72(60)92/h5-9,13-18,20-25,60H,10-12,19,26-50H2,1-4H3,(H,76,88)(H,77,90)(H,95,96)(H,78,89,92). The fraction of sp³-hybridized carbons (Fsp3) is 0.453. The van der Waals surface area contributed by atoms with Gasteiger partial charge in [-0.05, 0) is 92.4 Å². The summed E-state index contributed by atoms with van der Waals surface area (Å²) in [7, 11) is 1.45. The molecule has 7 aromatic rings. The summed E-state index contributed by atoms with van der Waals surface area (Å²) >= 11 is 0. The van der Waals surface area contributed by atoms with Gasteiger partial charge in [-0.25, -0.2) is 4.79 Å². The van der Waals surface area contributed by atoms with E-state index in [1.807, 2.05) is 108 Å². The second-order valence-corrected chi connectivity index (χ2v) is 28.4. The van der Waals surface area contributed by atoms with E-state index in [-0.39, 0.29) is 66.7 Å². The predicted octanol–water partition coefficient (Wildman–Crippen LogP) is 5.19. The van der Waals surface area contributed by atoms with Crippen LogP contribution in [0.2, 0.25) is 0 Å². The van der Waals surface area contributed by atoms with Crippen LogP contribution >= 0.6 is 0 Å². The Hall–Kier alpha value is -9.82. The zero-order chi connectivity index (χ0) is 74.2. The van der Waals surface area contributed by atoms with E-state index in [1.54, 1.807) is 4.90 Å². The molecule has 1 unspecified atom stereocenters. The van der Waals surface area contributed by atoms with Crippen LogP contribution in [0.4, 0.5) is 5.69 Å². The Balaban J connectivity index is 0.594. The molecular weight excluding hydrogens is 1370 g/mol. The minimum atomic E-state index is -3.50. The van der Waals surface area contributed by atoms with Crippen LogP contribution in [0.5, 0.6) is 17.2 Å². The van der Waals surface area contributed by atoms with E-state index in [2.05, 4.69) is 25.8 Å². The number of carboxylic acid groups (broad SMARTS) is 1. The monoisotopic (exact) mass is 1460 g/mol. The highest BCUT2D eigenvalue weighted by atomic mass is 32.2. The van der Waals surface area contributed by atoms with Crippen molar-refractivity contribution in [2.75, 3.05) is 144 Å². The number of imide groups is 2. The Labute approximate surface area is 609 Å². The summed E-state index contributed by atoms with van der Waals surface area (Å²) in [5.41, 5.74) is 5.87. The number of benzene rings is 5. The van der Waals surface area contributed by atoms with Crippen LogP contribution in [0.1, 0.15) is 93.1 Å². The summed E-state index contributed by atoms with van der Waals surface area (Å²) in [5.74, 6) is -3.00. The first-order valence-electron chi connectivity index (χ1n) is 35.7. The number of aryl methyl sites for hydroxylation is 3. The fourth-order valence-electron chi connectivity index (χ4n) is 13.8. The highest BCUT2D eigenvalue weighted by Crippen LogP contribution is 2.40. The van der Waals surface area contributed by atoms with Crippen molar-refractivity contribution in [2.45, 2.75) is 77.5 Å². The van der Waals surface area contributed by atoms with Gasteiger partial charge in [0, 0.05) is 160 Å². The molecule has 0 radical (unpaired) electrons. The smallest absolute Gasteiger partial charge is 0.352 e. The first-order valence-corrected chi connectivity index (χ1v) is 37.1. The van der Waals surface area contributed by atoms with Crippen LogP contribution in [0.25, 0.3) is 32.8 Å². The van der Waals surface area contributed by atoms with Crippen LogP contribution in [-0.2, 0) is 75.0 Å². The second kappa shape index (κ2) is 35.8. The molecule has 4 aliphatic heterocycles. The third kappa shape index (κ3) is 18.6. The van der Waals surface area contributed by atoms with Crippen LogP contribution in [-0.4, -0.2) is 243 Å². The van der Waals surface area contributed by atoms with Crippen molar-refractivity contribution < 1.29 is 80.3 Å².